The van der Waals surface area contributed by atoms with Gasteiger partial charge < -0.3 is 15.7 Å². The van der Waals surface area contributed by atoms with Crippen LogP contribution in [-0.4, -0.2) is 16.0 Å². The Morgan fingerprint density at radius 2 is 1.88 bits per heavy atom. The molecule has 0 bridgehead atoms. The Balaban J connectivity index is 1.49. The molecule has 1 aliphatic carbocycles. The quantitative estimate of drug-likeness (QED) is 0.168. The minimum atomic E-state index is -0.283. The van der Waals surface area contributed by atoms with Crippen LogP contribution >= 0.6 is 0 Å². The van der Waals surface area contributed by atoms with Crippen LogP contribution in [0.5, 0.6) is 5.75 Å². The average molecular weight is 456 g/mol. The monoisotopic (exact) mass is 455 g/mol. The number of aromatic nitrogens is 1. The third-order valence-electron chi connectivity index (χ3n) is 6.71. The molecule has 3 aromatic carbocycles. The summed E-state index contributed by atoms with van der Waals surface area (Å²) in [6.07, 6.45) is 1.93. The first-order valence-electron chi connectivity index (χ1n) is 11.3. The fourth-order valence-corrected chi connectivity index (χ4v) is 5.16. The van der Waals surface area contributed by atoms with E-state index in [1.54, 1.807) is 6.07 Å². The maximum absolute atomic E-state index is 13.5. The fraction of sp³-hybridized carbons (Fsp3) is 0.214. The highest BCUT2D eigenvalue weighted by Gasteiger charge is 2.46. The van der Waals surface area contributed by atoms with E-state index in [2.05, 4.69) is 29.2 Å². The van der Waals surface area contributed by atoms with Crippen LogP contribution in [-0.2, 0) is 12.0 Å². The molecule has 0 spiro atoms. The van der Waals surface area contributed by atoms with Crippen LogP contribution in [0.1, 0.15) is 42.1 Å². The van der Waals surface area contributed by atoms with Crippen molar-refractivity contribution < 1.29 is 14.3 Å². The van der Waals surface area contributed by atoms with Crippen LogP contribution in [0.25, 0.3) is 10.9 Å². The van der Waals surface area contributed by atoms with Crippen molar-refractivity contribution in [2.75, 3.05) is 0 Å². The van der Waals surface area contributed by atoms with E-state index in [9.17, 15) is 9.60 Å². The molecule has 0 radical (unpaired) electrons. The Hall–Kier alpha value is -3.93. The van der Waals surface area contributed by atoms with Crippen molar-refractivity contribution in [3.8, 4) is 5.75 Å². The lowest BCUT2D eigenvalue weighted by Gasteiger charge is -2.48. The minimum absolute atomic E-state index is 0.0832. The van der Waals surface area contributed by atoms with Gasteiger partial charge in [-0.05, 0) is 72.4 Å². The molecule has 0 aliphatic heterocycles. The van der Waals surface area contributed by atoms with E-state index in [0.29, 0.717) is 17.2 Å². The number of pyridine rings is 1. The number of hydrogen-bond acceptors (Lipinski definition) is 4. The average Bonchev–Trinajstić information content (AvgIpc) is 2.85. The van der Waals surface area contributed by atoms with Gasteiger partial charge in [-0.1, -0.05) is 48.5 Å². The van der Waals surface area contributed by atoms with Crippen molar-refractivity contribution in [2.45, 2.75) is 31.8 Å². The van der Waals surface area contributed by atoms with Gasteiger partial charge in [0, 0.05) is 16.4 Å². The van der Waals surface area contributed by atoms with Crippen molar-refractivity contribution in [1.82, 2.24) is 4.98 Å². The van der Waals surface area contributed by atoms with E-state index >= 15 is 0 Å². The van der Waals surface area contributed by atoms with Crippen molar-refractivity contribution in [3.05, 3.63) is 107 Å². The third-order valence-corrected chi connectivity index (χ3v) is 6.71. The van der Waals surface area contributed by atoms with E-state index in [-0.39, 0.29) is 23.7 Å². The van der Waals surface area contributed by atoms with E-state index in [1.165, 1.54) is 17.7 Å². The van der Waals surface area contributed by atoms with Gasteiger partial charge in [0.05, 0.1) is 11.2 Å². The van der Waals surface area contributed by atoms with Crippen LogP contribution in [0.4, 0.5) is 4.39 Å². The van der Waals surface area contributed by atoms with Gasteiger partial charge in [0.1, 0.15) is 18.2 Å². The molecule has 6 heteroatoms. The van der Waals surface area contributed by atoms with E-state index in [4.69, 9.17) is 10.5 Å². The van der Waals surface area contributed by atoms with Gasteiger partial charge in [0.15, 0.2) is 5.84 Å². The molecular weight excluding hydrogens is 429 g/mol. The van der Waals surface area contributed by atoms with Gasteiger partial charge >= 0.3 is 0 Å². The molecule has 172 valence electrons. The number of nitrogens with two attached hydrogens (primary N) is 1. The van der Waals surface area contributed by atoms with E-state index in [0.717, 1.165) is 35.0 Å². The number of rotatable bonds is 6. The number of amidine groups is 1. The summed E-state index contributed by atoms with van der Waals surface area (Å²) in [6.45, 7) is 2.51. The van der Waals surface area contributed by atoms with Crippen LogP contribution in [0.3, 0.4) is 0 Å². The lowest BCUT2D eigenvalue weighted by molar-refractivity contribution is 0.199. The first-order chi connectivity index (χ1) is 16.5. The van der Waals surface area contributed by atoms with Crippen LogP contribution < -0.4 is 10.5 Å². The zero-order chi connectivity index (χ0) is 23.7. The summed E-state index contributed by atoms with van der Waals surface area (Å²) in [5.74, 6) is 1.05. The molecule has 5 rings (SSSR count). The molecule has 34 heavy (non-hydrogen) atoms. The number of benzene rings is 3. The molecule has 0 saturated heterocycles. The lowest BCUT2D eigenvalue weighted by Crippen LogP contribution is -2.42. The summed E-state index contributed by atoms with van der Waals surface area (Å²) < 4.78 is 19.6. The minimum Gasteiger partial charge on any atom is -0.487 e. The summed E-state index contributed by atoms with van der Waals surface area (Å²) in [5, 5.41) is 13.4. The van der Waals surface area contributed by atoms with Crippen LogP contribution in [0.2, 0.25) is 0 Å². The van der Waals surface area contributed by atoms with E-state index in [1.807, 2.05) is 48.5 Å². The molecule has 0 atom stereocenters. The highest BCUT2D eigenvalue weighted by molar-refractivity contribution is 5.99. The summed E-state index contributed by atoms with van der Waals surface area (Å²) in [7, 11) is 0. The molecule has 4 aromatic rings. The Bertz CT molecular complexity index is 1360. The summed E-state index contributed by atoms with van der Waals surface area (Å²) >= 11 is 0. The highest BCUT2D eigenvalue weighted by Crippen LogP contribution is 2.53. The van der Waals surface area contributed by atoms with Crippen molar-refractivity contribution in [2.24, 2.45) is 16.8 Å². The van der Waals surface area contributed by atoms with Crippen molar-refractivity contribution in [3.63, 3.8) is 0 Å². The second kappa shape index (κ2) is 8.78. The predicted octanol–water partition coefficient (Wildman–Crippen LogP) is 5.76. The number of oxime groups is 1. The zero-order valence-corrected chi connectivity index (χ0v) is 18.9. The SMILES string of the molecule is CC1CC(c2ccccc2)(c2cc(OCc3ccc4cc(F)ccc4n3)ccc2/C(N)=N/O)C1. The number of halogens is 1. The first-order valence-corrected chi connectivity index (χ1v) is 11.3. The topological polar surface area (TPSA) is 80.7 Å². The first kappa shape index (κ1) is 21.9. The number of fused-ring (bicyclic) bond motifs is 1. The third kappa shape index (κ3) is 3.96. The Labute approximate surface area is 197 Å². The smallest absolute Gasteiger partial charge is 0.170 e. The molecule has 1 aromatic heterocycles. The predicted molar refractivity (Wildman–Crippen MR) is 131 cm³/mol. The summed E-state index contributed by atoms with van der Waals surface area (Å²) in [6, 6.07) is 24.3. The highest BCUT2D eigenvalue weighted by atomic mass is 19.1. The maximum Gasteiger partial charge on any atom is 0.170 e. The summed E-state index contributed by atoms with van der Waals surface area (Å²) in [4.78, 5) is 4.58. The van der Waals surface area contributed by atoms with Crippen LogP contribution in [0, 0.1) is 11.7 Å². The number of nitrogens with zero attached hydrogens (tertiary/aromatic N) is 2. The molecule has 1 fully saturated rings. The van der Waals surface area contributed by atoms with Gasteiger partial charge in [-0.2, -0.15) is 0 Å². The second-order valence-corrected chi connectivity index (χ2v) is 9.08. The molecule has 5 nitrogen and oxygen atoms in total. The zero-order valence-electron chi connectivity index (χ0n) is 18.9. The molecule has 1 saturated carbocycles. The Morgan fingerprint density at radius 1 is 1.09 bits per heavy atom. The van der Waals surface area contributed by atoms with Crippen LogP contribution in [0.15, 0.2) is 84.0 Å². The Kier molecular flexibility index (Phi) is 5.65. The van der Waals surface area contributed by atoms with Gasteiger partial charge in [0.25, 0.3) is 0 Å². The van der Waals surface area contributed by atoms with E-state index < -0.39 is 0 Å². The van der Waals surface area contributed by atoms with Gasteiger partial charge in [-0.15, -0.1) is 0 Å². The molecule has 1 heterocycles. The number of hydrogen-bond donors (Lipinski definition) is 2. The van der Waals surface area contributed by atoms with Gasteiger partial charge in [-0.3, -0.25) is 0 Å². The van der Waals surface area contributed by atoms with Gasteiger partial charge in [-0.25, -0.2) is 9.37 Å². The largest absolute Gasteiger partial charge is 0.487 e. The maximum atomic E-state index is 13.5. The molecule has 0 unspecified atom stereocenters. The summed E-state index contributed by atoms with van der Waals surface area (Å²) in [5.41, 5.74) is 10.2. The van der Waals surface area contributed by atoms with Gasteiger partial charge in [0.2, 0.25) is 0 Å². The normalized spacial score (nSPS) is 20.2. The Morgan fingerprint density at radius 3 is 2.62 bits per heavy atom. The standard InChI is InChI=1S/C28H26FN3O2/c1-18-15-28(16-18,20-5-3-2-4-6-20)25-14-23(10-11-24(25)27(30)32-33)34-17-22-9-7-19-13-21(29)8-12-26(19)31-22/h2-14,18,33H,15-17H2,1H3,(H2,30,32). The molecule has 1 aliphatic rings. The van der Waals surface area contributed by atoms with Crippen molar-refractivity contribution >= 4 is 16.7 Å². The van der Waals surface area contributed by atoms with Crippen molar-refractivity contribution in [1.29, 1.82) is 0 Å². The molecule has 0 amide bonds. The second-order valence-electron chi connectivity index (χ2n) is 9.08. The fourth-order valence-electron chi connectivity index (χ4n) is 5.16. The lowest BCUT2D eigenvalue weighted by atomic mass is 9.55. The number of ether oxygens (including phenoxy) is 1. The molecule has 3 N–H and O–H groups in total. The molecular formula is C28H26FN3O2.